The molecule has 2 aliphatic rings. The van der Waals surface area contributed by atoms with Crippen molar-refractivity contribution in [3.63, 3.8) is 0 Å². The number of nitrogens with zero attached hydrogens (tertiary/aromatic N) is 1. The van der Waals surface area contributed by atoms with Crippen molar-refractivity contribution in [1.29, 1.82) is 0 Å². The van der Waals surface area contributed by atoms with Crippen molar-refractivity contribution in [2.75, 3.05) is 0 Å². The molecular formula is C17H17N3O4. The standard InChI is InChI=1S/C17H17N3O4/c21-17(19-13-9-10-5-6-12(13)18-10)16-8-7-15(24-16)11-3-1-2-4-14(11)20(22)23/h1-4,7-8,10,12-13,18H,5-6,9H2,(H,19,21)/t10?,12?,13-/m1/s1. The molecule has 2 saturated heterocycles. The van der Waals surface area contributed by atoms with E-state index in [4.69, 9.17) is 4.42 Å². The zero-order valence-corrected chi connectivity index (χ0v) is 12.9. The summed E-state index contributed by atoms with van der Waals surface area (Å²) in [7, 11) is 0. The Kier molecular flexibility index (Phi) is 3.57. The van der Waals surface area contributed by atoms with Gasteiger partial charge in [-0.3, -0.25) is 14.9 Å². The molecule has 124 valence electrons. The first-order chi connectivity index (χ1) is 11.6. The van der Waals surface area contributed by atoms with Gasteiger partial charge in [-0.05, 0) is 37.5 Å². The van der Waals surface area contributed by atoms with Gasteiger partial charge in [0.1, 0.15) is 5.76 Å². The van der Waals surface area contributed by atoms with Gasteiger partial charge in [-0.15, -0.1) is 0 Å². The number of rotatable bonds is 4. The molecule has 1 aromatic heterocycles. The molecule has 2 bridgehead atoms. The summed E-state index contributed by atoms with van der Waals surface area (Å²) < 4.78 is 5.58. The largest absolute Gasteiger partial charge is 0.451 e. The van der Waals surface area contributed by atoms with Crippen LogP contribution in [-0.4, -0.2) is 29.0 Å². The summed E-state index contributed by atoms with van der Waals surface area (Å²) in [5, 5.41) is 17.6. The fourth-order valence-electron chi connectivity index (χ4n) is 3.67. The summed E-state index contributed by atoms with van der Waals surface area (Å²) in [6.07, 6.45) is 3.18. The Bertz CT molecular complexity index is 801. The van der Waals surface area contributed by atoms with E-state index in [0.29, 0.717) is 23.4 Å². The number of carbonyl (C=O) groups excluding carboxylic acids is 1. The summed E-state index contributed by atoms with van der Waals surface area (Å²) >= 11 is 0. The smallest absolute Gasteiger partial charge is 0.287 e. The van der Waals surface area contributed by atoms with Crippen LogP contribution < -0.4 is 10.6 Å². The first-order valence-electron chi connectivity index (χ1n) is 8.02. The van der Waals surface area contributed by atoms with E-state index in [1.54, 1.807) is 30.3 Å². The third-order valence-corrected chi connectivity index (χ3v) is 4.81. The van der Waals surface area contributed by atoms with Gasteiger partial charge in [0.2, 0.25) is 0 Å². The van der Waals surface area contributed by atoms with Crippen molar-refractivity contribution >= 4 is 11.6 Å². The van der Waals surface area contributed by atoms with E-state index >= 15 is 0 Å². The fourth-order valence-corrected chi connectivity index (χ4v) is 3.67. The van der Waals surface area contributed by atoms with Crippen LogP contribution in [0.1, 0.15) is 29.8 Å². The molecule has 3 heterocycles. The second-order valence-corrected chi connectivity index (χ2v) is 6.30. The average molecular weight is 327 g/mol. The van der Waals surface area contributed by atoms with Gasteiger partial charge in [-0.2, -0.15) is 0 Å². The quantitative estimate of drug-likeness (QED) is 0.664. The molecular weight excluding hydrogens is 310 g/mol. The molecule has 0 radical (unpaired) electrons. The second-order valence-electron chi connectivity index (χ2n) is 6.30. The number of benzene rings is 1. The summed E-state index contributed by atoms with van der Waals surface area (Å²) in [6, 6.07) is 10.4. The molecule has 24 heavy (non-hydrogen) atoms. The number of para-hydroxylation sites is 1. The minimum atomic E-state index is -0.460. The molecule has 7 heteroatoms. The molecule has 2 fully saturated rings. The second kappa shape index (κ2) is 5.76. The van der Waals surface area contributed by atoms with Gasteiger partial charge in [-0.1, -0.05) is 12.1 Å². The predicted octanol–water partition coefficient (Wildman–Crippen LogP) is 2.48. The Morgan fingerprint density at radius 3 is 2.79 bits per heavy atom. The van der Waals surface area contributed by atoms with Crippen LogP contribution in [0.25, 0.3) is 11.3 Å². The minimum Gasteiger partial charge on any atom is -0.451 e. The number of fused-ring (bicyclic) bond motifs is 2. The zero-order valence-electron chi connectivity index (χ0n) is 12.9. The van der Waals surface area contributed by atoms with E-state index in [1.807, 2.05) is 0 Å². The van der Waals surface area contributed by atoms with E-state index < -0.39 is 4.92 Å². The summed E-state index contributed by atoms with van der Waals surface area (Å²) in [5.41, 5.74) is 0.319. The lowest BCUT2D eigenvalue weighted by Crippen LogP contribution is -2.42. The third kappa shape index (κ3) is 2.56. The van der Waals surface area contributed by atoms with Gasteiger partial charge >= 0.3 is 0 Å². The molecule has 2 aromatic rings. The van der Waals surface area contributed by atoms with Crippen LogP contribution in [-0.2, 0) is 0 Å². The fraction of sp³-hybridized carbons (Fsp3) is 0.353. The Labute approximate surface area is 138 Å². The average Bonchev–Trinajstić information content (AvgIpc) is 3.31. The van der Waals surface area contributed by atoms with E-state index in [9.17, 15) is 14.9 Å². The Hall–Kier alpha value is -2.67. The third-order valence-electron chi connectivity index (χ3n) is 4.81. The highest BCUT2D eigenvalue weighted by Crippen LogP contribution is 2.31. The van der Waals surface area contributed by atoms with Crippen LogP contribution in [0.15, 0.2) is 40.8 Å². The molecule has 0 aliphatic carbocycles. The van der Waals surface area contributed by atoms with Crippen LogP contribution in [0.5, 0.6) is 0 Å². The normalized spacial score (nSPS) is 24.9. The molecule has 2 aliphatic heterocycles. The number of nitrogens with one attached hydrogen (secondary N) is 2. The van der Waals surface area contributed by atoms with E-state index in [2.05, 4.69) is 10.6 Å². The highest BCUT2D eigenvalue weighted by atomic mass is 16.6. The van der Waals surface area contributed by atoms with Gasteiger partial charge in [0.15, 0.2) is 5.76 Å². The summed E-state index contributed by atoms with van der Waals surface area (Å²) in [4.78, 5) is 23.0. The molecule has 2 unspecified atom stereocenters. The maximum atomic E-state index is 12.4. The number of hydrogen-bond acceptors (Lipinski definition) is 5. The molecule has 4 rings (SSSR count). The lowest BCUT2D eigenvalue weighted by atomic mass is 9.95. The predicted molar refractivity (Wildman–Crippen MR) is 86.6 cm³/mol. The van der Waals surface area contributed by atoms with Crippen LogP contribution in [0.4, 0.5) is 5.69 Å². The van der Waals surface area contributed by atoms with Crippen molar-refractivity contribution in [3.05, 3.63) is 52.3 Å². The van der Waals surface area contributed by atoms with Crippen LogP contribution in [0, 0.1) is 10.1 Å². The summed E-state index contributed by atoms with van der Waals surface area (Å²) in [5.74, 6) is 0.212. The molecule has 7 nitrogen and oxygen atoms in total. The van der Waals surface area contributed by atoms with Crippen molar-refractivity contribution < 1.29 is 14.1 Å². The number of hydrogen-bond donors (Lipinski definition) is 2. The van der Waals surface area contributed by atoms with Gasteiger partial charge in [0.05, 0.1) is 10.5 Å². The highest BCUT2D eigenvalue weighted by Gasteiger charge is 2.40. The number of nitro groups is 1. The molecule has 0 spiro atoms. The van der Waals surface area contributed by atoms with E-state index in [0.717, 1.165) is 12.8 Å². The zero-order chi connectivity index (χ0) is 16.7. The first-order valence-corrected chi connectivity index (χ1v) is 8.02. The van der Waals surface area contributed by atoms with Crippen molar-refractivity contribution in [2.45, 2.75) is 37.4 Å². The molecule has 0 saturated carbocycles. The molecule has 1 amide bonds. The minimum absolute atomic E-state index is 0.0453. The Morgan fingerprint density at radius 2 is 2.08 bits per heavy atom. The molecule has 3 atom stereocenters. The number of amides is 1. The van der Waals surface area contributed by atoms with Gasteiger partial charge in [0, 0.05) is 24.2 Å². The lowest BCUT2D eigenvalue weighted by molar-refractivity contribution is -0.384. The van der Waals surface area contributed by atoms with Crippen molar-refractivity contribution in [2.24, 2.45) is 0 Å². The first kappa shape index (κ1) is 14.9. The van der Waals surface area contributed by atoms with Gasteiger partial charge in [-0.25, -0.2) is 0 Å². The van der Waals surface area contributed by atoms with E-state index in [-0.39, 0.29) is 23.4 Å². The molecule has 1 aromatic carbocycles. The lowest BCUT2D eigenvalue weighted by Gasteiger charge is -2.20. The SMILES string of the molecule is O=C(N[C@@H]1CC2CCC1N2)c1ccc(-c2ccccc2[N+](=O)[O-])o1. The van der Waals surface area contributed by atoms with Gasteiger partial charge < -0.3 is 15.1 Å². The highest BCUT2D eigenvalue weighted by molar-refractivity contribution is 5.92. The maximum Gasteiger partial charge on any atom is 0.287 e. The van der Waals surface area contributed by atoms with Crippen LogP contribution in [0.2, 0.25) is 0 Å². The number of carbonyl (C=O) groups is 1. The van der Waals surface area contributed by atoms with Gasteiger partial charge in [0.25, 0.3) is 11.6 Å². The van der Waals surface area contributed by atoms with E-state index in [1.165, 1.54) is 12.5 Å². The van der Waals surface area contributed by atoms with Crippen LogP contribution in [0.3, 0.4) is 0 Å². The summed E-state index contributed by atoms with van der Waals surface area (Å²) in [6.45, 7) is 0. The Morgan fingerprint density at radius 1 is 1.25 bits per heavy atom. The Balaban J connectivity index is 1.53. The van der Waals surface area contributed by atoms with Crippen molar-refractivity contribution in [1.82, 2.24) is 10.6 Å². The van der Waals surface area contributed by atoms with Crippen LogP contribution >= 0.6 is 0 Å². The topological polar surface area (TPSA) is 97.4 Å². The molecule has 2 N–H and O–H groups in total. The number of nitro benzene ring substituents is 1. The monoisotopic (exact) mass is 327 g/mol. The van der Waals surface area contributed by atoms with Crippen molar-refractivity contribution in [3.8, 4) is 11.3 Å². The maximum absolute atomic E-state index is 12.4. The number of furan rings is 1.